The topological polar surface area (TPSA) is 141 Å². The van der Waals surface area contributed by atoms with E-state index in [0.717, 1.165) is 35.6 Å². The highest BCUT2D eigenvalue weighted by Gasteiger charge is 2.30. The van der Waals surface area contributed by atoms with Gasteiger partial charge in [-0.1, -0.05) is 55.5 Å². The van der Waals surface area contributed by atoms with E-state index in [1.54, 1.807) is 42.2 Å². The number of hydrogen-bond donors (Lipinski definition) is 4. The van der Waals surface area contributed by atoms with Crippen LogP contribution >= 0.6 is 0 Å². The summed E-state index contributed by atoms with van der Waals surface area (Å²) in [6.07, 6.45) is 2.06. The number of fused-ring (bicyclic) bond motifs is 2. The van der Waals surface area contributed by atoms with E-state index in [4.69, 9.17) is 9.47 Å². The van der Waals surface area contributed by atoms with Crippen molar-refractivity contribution in [3.63, 3.8) is 0 Å². The smallest absolute Gasteiger partial charge is 0.335 e. The minimum Gasteiger partial charge on any atom is -0.490 e. The van der Waals surface area contributed by atoms with Crippen LogP contribution in [0.2, 0.25) is 0 Å². The molecule has 0 spiro atoms. The van der Waals surface area contributed by atoms with Gasteiger partial charge in [-0.2, -0.15) is 0 Å². The van der Waals surface area contributed by atoms with Crippen molar-refractivity contribution < 1.29 is 34.1 Å². The molecule has 5 rings (SSSR count). The van der Waals surface area contributed by atoms with Crippen LogP contribution in [0.25, 0.3) is 10.8 Å². The number of benzene rings is 4. The molecule has 52 heavy (non-hydrogen) atoms. The monoisotopic (exact) mass is 710 g/mol. The van der Waals surface area contributed by atoms with E-state index in [1.165, 1.54) is 0 Å². The number of rotatable bonds is 9. The lowest BCUT2D eigenvalue weighted by Gasteiger charge is -2.36. The standard InChI is InChI=1S/C41H50N4O7/c1-27-23-45(28(2)26-46)39(47)35-22-33(42-41(50)43-36-14-9-12-31-11-5-6-13-34(31)36)19-20-37(35)52-29(3)10-7-8-21-51-38(27)25-44(4)24-30-15-17-32(18-16-30)40(48)49/h5-6,9,11-20,22,27-29,38,46H,7-8,10,21,23-26H2,1-4H3,(H,48,49)(H2,42,43,50)/t27-,28+,29+,38+/m1/s1. The molecule has 3 amide bonds. The third-order valence-electron chi connectivity index (χ3n) is 9.49. The maximum atomic E-state index is 14.5. The van der Waals surface area contributed by atoms with Crippen LogP contribution in [0.1, 0.15) is 66.3 Å². The molecule has 0 saturated heterocycles. The van der Waals surface area contributed by atoms with Gasteiger partial charge in [0, 0.05) is 43.2 Å². The molecule has 1 aliphatic rings. The lowest BCUT2D eigenvalue weighted by atomic mass is 10.0. The molecule has 0 bridgehead atoms. The molecule has 11 heteroatoms. The highest BCUT2D eigenvalue weighted by molar-refractivity contribution is 6.07. The number of carboxylic acid groups (broad SMARTS) is 1. The van der Waals surface area contributed by atoms with Crippen molar-refractivity contribution in [3.05, 3.63) is 102 Å². The van der Waals surface area contributed by atoms with Crippen molar-refractivity contribution in [3.8, 4) is 5.75 Å². The Morgan fingerprint density at radius 3 is 2.48 bits per heavy atom. The number of urea groups is 1. The number of carbonyl (C=O) groups is 3. The molecule has 276 valence electrons. The van der Waals surface area contributed by atoms with Gasteiger partial charge in [-0.3, -0.25) is 9.69 Å². The first-order valence-electron chi connectivity index (χ1n) is 17.9. The van der Waals surface area contributed by atoms with Crippen molar-refractivity contribution >= 4 is 40.1 Å². The van der Waals surface area contributed by atoms with Crippen molar-refractivity contribution in [1.82, 2.24) is 9.80 Å². The predicted octanol–water partition coefficient (Wildman–Crippen LogP) is 7.11. The molecule has 4 aromatic carbocycles. The number of ether oxygens (including phenoxy) is 2. The van der Waals surface area contributed by atoms with Crippen molar-refractivity contribution in [2.45, 2.75) is 64.8 Å². The Kier molecular flexibility index (Phi) is 13.2. The van der Waals surface area contributed by atoms with E-state index in [1.807, 2.05) is 75.5 Å². The van der Waals surface area contributed by atoms with Gasteiger partial charge in [0.15, 0.2) is 0 Å². The zero-order chi connectivity index (χ0) is 37.2. The fourth-order valence-corrected chi connectivity index (χ4v) is 6.52. The maximum Gasteiger partial charge on any atom is 0.335 e. The highest BCUT2D eigenvalue weighted by Crippen LogP contribution is 2.29. The average molecular weight is 711 g/mol. The minimum atomic E-state index is -0.962. The molecule has 1 heterocycles. The van der Waals surface area contributed by atoms with Gasteiger partial charge < -0.3 is 35.2 Å². The van der Waals surface area contributed by atoms with Gasteiger partial charge in [0.05, 0.1) is 41.7 Å². The zero-order valence-corrected chi connectivity index (χ0v) is 30.4. The highest BCUT2D eigenvalue weighted by atomic mass is 16.5. The van der Waals surface area contributed by atoms with E-state index in [0.29, 0.717) is 48.9 Å². The molecular weight excluding hydrogens is 660 g/mol. The number of aromatic carboxylic acids is 1. The third kappa shape index (κ3) is 10.1. The number of carbonyl (C=O) groups excluding carboxylic acids is 2. The van der Waals surface area contributed by atoms with Crippen molar-refractivity contribution in [2.24, 2.45) is 5.92 Å². The zero-order valence-electron chi connectivity index (χ0n) is 30.4. The van der Waals surface area contributed by atoms with E-state index >= 15 is 0 Å². The second kappa shape index (κ2) is 18.0. The molecule has 0 radical (unpaired) electrons. The van der Waals surface area contributed by atoms with Crippen LogP contribution in [0.5, 0.6) is 5.75 Å². The number of likely N-dealkylation sites (N-methyl/N-ethyl adjacent to an activating group) is 1. The first-order valence-corrected chi connectivity index (χ1v) is 17.9. The molecule has 0 fully saturated rings. The van der Waals surface area contributed by atoms with Crippen LogP contribution in [0.4, 0.5) is 16.2 Å². The number of anilines is 2. The van der Waals surface area contributed by atoms with Crippen LogP contribution in [-0.2, 0) is 11.3 Å². The number of aliphatic hydroxyl groups is 1. The Hall–Kier alpha value is -4.97. The molecule has 0 unspecified atom stereocenters. The molecule has 0 aromatic heterocycles. The Labute approximate surface area is 305 Å². The molecule has 0 aliphatic carbocycles. The summed E-state index contributed by atoms with van der Waals surface area (Å²) < 4.78 is 12.8. The van der Waals surface area contributed by atoms with Gasteiger partial charge in [0.25, 0.3) is 5.91 Å². The first kappa shape index (κ1) is 38.3. The number of hydrogen-bond acceptors (Lipinski definition) is 7. The average Bonchev–Trinajstić information content (AvgIpc) is 3.13. The minimum absolute atomic E-state index is 0.117. The molecule has 1 aliphatic heterocycles. The summed E-state index contributed by atoms with van der Waals surface area (Å²) in [4.78, 5) is 42.8. The molecule has 4 N–H and O–H groups in total. The normalized spacial score (nSPS) is 19.3. The summed E-state index contributed by atoms with van der Waals surface area (Å²) in [7, 11) is 1.99. The summed E-state index contributed by atoms with van der Waals surface area (Å²) >= 11 is 0. The number of aliphatic hydroxyl groups excluding tert-OH is 1. The molecular formula is C41H50N4O7. The maximum absolute atomic E-state index is 14.5. The van der Waals surface area contributed by atoms with Gasteiger partial charge in [0.1, 0.15) is 5.75 Å². The quantitative estimate of drug-likeness (QED) is 0.144. The second-order valence-electron chi connectivity index (χ2n) is 13.8. The van der Waals surface area contributed by atoms with E-state index in [2.05, 4.69) is 15.5 Å². The Balaban J connectivity index is 1.37. The SMILES string of the molecule is C[C@@H]1CN([C@@H](C)CO)C(=O)c2cc(NC(=O)Nc3cccc4ccccc34)ccc2O[C@@H](C)CCCCO[C@H]1CN(C)Cc1ccc(C(=O)O)cc1. The molecule has 4 atom stereocenters. The fraction of sp³-hybridized carbons (Fsp3) is 0.390. The number of nitrogens with one attached hydrogen (secondary N) is 2. The van der Waals surface area contributed by atoms with Crippen LogP contribution < -0.4 is 15.4 Å². The van der Waals surface area contributed by atoms with Crippen LogP contribution in [0.15, 0.2) is 84.9 Å². The molecule has 0 saturated carbocycles. The largest absolute Gasteiger partial charge is 0.490 e. The Bertz CT molecular complexity index is 1830. The summed E-state index contributed by atoms with van der Waals surface area (Å²) in [5.74, 6) is -0.986. The molecule has 11 nitrogen and oxygen atoms in total. The van der Waals surface area contributed by atoms with Crippen molar-refractivity contribution in [1.29, 1.82) is 0 Å². The third-order valence-corrected chi connectivity index (χ3v) is 9.49. The summed E-state index contributed by atoms with van der Waals surface area (Å²) in [6, 6.07) is 24.5. The van der Waals surface area contributed by atoms with Gasteiger partial charge in [-0.25, -0.2) is 9.59 Å². The number of nitrogens with zero attached hydrogens (tertiary/aromatic N) is 2. The Morgan fingerprint density at radius 2 is 1.73 bits per heavy atom. The first-order chi connectivity index (χ1) is 25.0. The van der Waals surface area contributed by atoms with Gasteiger partial charge in [-0.15, -0.1) is 0 Å². The summed E-state index contributed by atoms with van der Waals surface area (Å²) in [5.41, 5.74) is 2.60. The Morgan fingerprint density at radius 1 is 0.981 bits per heavy atom. The van der Waals surface area contributed by atoms with Gasteiger partial charge >= 0.3 is 12.0 Å². The summed E-state index contributed by atoms with van der Waals surface area (Å²) in [6.45, 7) is 7.61. The van der Waals surface area contributed by atoms with E-state index < -0.39 is 18.0 Å². The number of carboxylic acids is 1. The van der Waals surface area contributed by atoms with Crippen LogP contribution in [-0.4, -0.2) is 89.5 Å². The predicted molar refractivity (Wildman–Crippen MR) is 203 cm³/mol. The van der Waals surface area contributed by atoms with Crippen LogP contribution in [0, 0.1) is 5.92 Å². The van der Waals surface area contributed by atoms with Crippen LogP contribution in [0.3, 0.4) is 0 Å². The second-order valence-corrected chi connectivity index (χ2v) is 13.8. The van der Waals surface area contributed by atoms with Crippen molar-refractivity contribution in [2.75, 3.05) is 44.0 Å². The number of amides is 3. The summed E-state index contributed by atoms with van der Waals surface area (Å²) in [5, 5.41) is 27.3. The molecule has 4 aromatic rings. The fourth-order valence-electron chi connectivity index (χ4n) is 6.52. The van der Waals surface area contributed by atoms with Gasteiger partial charge in [0.2, 0.25) is 0 Å². The van der Waals surface area contributed by atoms with Gasteiger partial charge in [-0.05, 0) is 87.5 Å². The van der Waals surface area contributed by atoms with E-state index in [-0.39, 0.29) is 36.2 Å². The lowest BCUT2D eigenvalue weighted by Crippen LogP contribution is -2.47. The lowest BCUT2D eigenvalue weighted by molar-refractivity contribution is -0.0177. The van der Waals surface area contributed by atoms with E-state index in [9.17, 15) is 24.6 Å².